The van der Waals surface area contributed by atoms with Crippen LogP contribution in [0.5, 0.6) is 0 Å². The van der Waals surface area contributed by atoms with Crippen LogP contribution in [-0.4, -0.2) is 4.98 Å². The number of nitrogens with zero attached hydrogens (tertiary/aromatic N) is 1. The van der Waals surface area contributed by atoms with Gasteiger partial charge >= 0.3 is 0 Å². The van der Waals surface area contributed by atoms with Crippen LogP contribution >= 0.6 is 15.9 Å². The highest BCUT2D eigenvalue weighted by molar-refractivity contribution is 9.10. The van der Waals surface area contributed by atoms with Crippen molar-refractivity contribution in [3.63, 3.8) is 0 Å². The minimum absolute atomic E-state index is 0.679. The third kappa shape index (κ3) is 1.43. The SMILES string of the molecule is Cc1ccc2nc3oc(Br)cc3cc2c1. The van der Waals surface area contributed by atoms with Crippen molar-refractivity contribution in [2.45, 2.75) is 6.92 Å². The lowest BCUT2D eigenvalue weighted by atomic mass is 10.1. The number of aromatic nitrogens is 1. The summed E-state index contributed by atoms with van der Waals surface area (Å²) in [5.74, 6) is 0. The second-order valence-electron chi connectivity index (χ2n) is 3.63. The first kappa shape index (κ1) is 8.92. The van der Waals surface area contributed by atoms with Gasteiger partial charge in [-0.2, -0.15) is 0 Å². The molecule has 0 radical (unpaired) electrons. The number of halogens is 1. The molecule has 0 aliphatic carbocycles. The molecule has 3 aromatic rings. The molecule has 0 aliphatic rings. The number of benzene rings is 1. The average molecular weight is 262 g/mol. The van der Waals surface area contributed by atoms with Gasteiger partial charge in [-0.05, 0) is 41.1 Å². The predicted octanol–water partition coefficient (Wildman–Crippen LogP) is 4.05. The van der Waals surface area contributed by atoms with Gasteiger partial charge in [-0.1, -0.05) is 11.6 Å². The molecule has 74 valence electrons. The zero-order valence-corrected chi connectivity index (χ0v) is 9.71. The number of hydrogen-bond acceptors (Lipinski definition) is 2. The summed E-state index contributed by atoms with van der Waals surface area (Å²) in [6.07, 6.45) is 0. The zero-order chi connectivity index (χ0) is 10.4. The maximum absolute atomic E-state index is 5.41. The lowest BCUT2D eigenvalue weighted by Gasteiger charge is -1.98. The topological polar surface area (TPSA) is 26.0 Å². The van der Waals surface area contributed by atoms with E-state index in [1.807, 2.05) is 12.1 Å². The Balaban J connectivity index is 2.46. The van der Waals surface area contributed by atoms with Crippen molar-refractivity contribution in [2.24, 2.45) is 0 Å². The smallest absolute Gasteiger partial charge is 0.228 e. The van der Waals surface area contributed by atoms with E-state index in [1.165, 1.54) is 5.56 Å². The van der Waals surface area contributed by atoms with Crippen LogP contribution < -0.4 is 0 Å². The first-order valence-corrected chi connectivity index (χ1v) is 5.48. The Morgan fingerprint density at radius 2 is 2.00 bits per heavy atom. The Morgan fingerprint density at radius 3 is 2.87 bits per heavy atom. The largest absolute Gasteiger partial charge is 0.431 e. The van der Waals surface area contributed by atoms with Crippen molar-refractivity contribution < 1.29 is 4.42 Å². The minimum atomic E-state index is 0.679. The molecule has 2 nitrogen and oxygen atoms in total. The van der Waals surface area contributed by atoms with Gasteiger partial charge in [0.25, 0.3) is 0 Å². The van der Waals surface area contributed by atoms with Crippen molar-refractivity contribution in [1.29, 1.82) is 0 Å². The third-order valence-electron chi connectivity index (χ3n) is 2.43. The molecule has 0 spiro atoms. The summed E-state index contributed by atoms with van der Waals surface area (Å²) < 4.78 is 6.13. The molecule has 3 rings (SSSR count). The Morgan fingerprint density at radius 1 is 1.13 bits per heavy atom. The van der Waals surface area contributed by atoms with Gasteiger partial charge in [0.1, 0.15) is 0 Å². The summed E-state index contributed by atoms with van der Waals surface area (Å²) in [5, 5.41) is 2.18. The van der Waals surface area contributed by atoms with Crippen molar-refractivity contribution in [3.05, 3.63) is 40.6 Å². The molecule has 2 aromatic heterocycles. The normalized spacial score (nSPS) is 11.3. The number of furan rings is 1. The van der Waals surface area contributed by atoms with Crippen LogP contribution in [-0.2, 0) is 0 Å². The van der Waals surface area contributed by atoms with Crippen molar-refractivity contribution >= 4 is 37.9 Å². The van der Waals surface area contributed by atoms with Crippen LogP contribution in [0.15, 0.2) is 39.4 Å². The molecule has 0 amide bonds. The monoisotopic (exact) mass is 261 g/mol. The van der Waals surface area contributed by atoms with Gasteiger partial charge in [-0.15, -0.1) is 0 Å². The van der Waals surface area contributed by atoms with Gasteiger partial charge in [0, 0.05) is 16.8 Å². The summed E-state index contributed by atoms with van der Waals surface area (Å²) in [6, 6.07) is 10.2. The van der Waals surface area contributed by atoms with Gasteiger partial charge in [0.15, 0.2) is 4.67 Å². The lowest BCUT2D eigenvalue weighted by Crippen LogP contribution is -1.80. The molecule has 15 heavy (non-hydrogen) atoms. The quantitative estimate of drug-likeness (QED) is 0.610. The summed E-state index contributed by atoms with van der Waals surface area (Å²) in [5.41, 5.74) is 2.89. The lowest BCUT2D eigenvalue weighted by molar-refractivity contribution is 0.577. The fourth-order valence-electron chi connectivity index (χ4n) is 1.72. The molecule has 0 aliphatic heterocycles. The van der Waals surface area contributed by atoms with Crippen molar-refractivity contribution in [2.75, 3.05) is 0 Å². The highest BCUT2D eigenvalue weighted by Gasteiger charge is 2.04. The van der Waals surface area contributed by atoms with Gasteiger partial charge in [0.05, 0.1) is 5.52 Å². The summed E-state index contributed by atoms with van der Waals surface area (Å²) in [4.78, 5) is 4.44. The summed E-state index contributed by atoms with van der Waals surface area (Å²) >= 11 is 3.30. The van der Waals surface area contributed by atoms with E-state index in [-0.39, 0.29) is 0 Å². The Bertz CT molecular complexity index is 657. The second-order valence-corrected chi connectivity index (χ2v) is 4.41. The van der Waals surface area contributed by atoms with Crippen LogP contribution in [0.3, 0.4) is 0 Å². The first-order valence-electron chi connectivity index (χ1n) is 4.69. The van der Waals surface area contributed by atoms with Gasteiger partial charge in [0.2, 0.25) is 5.71 Å². The highest BCUT2D eigenvalue weighted by atomic mass is 79.9. The van der Waals surface area contributed by atoms with E-state index in [1.54, 1.807) is 0 Å². The average Bonchev–Trinajstić information content (AvgIpc) is 2.53. The van der Waals surface area contributed by atoms with Crippen LogP contribution in [0.1, 0.15) is 5.56 Å². The van der Waals surface area contributed by atoms with E-state index in [0.29, 0.717) is 5.71 Å². The van der Waals surface area contributed by atoms with Crippen LogP contribution in [0.25, 0.3) is 22.0 Å². The number of hydrogen-bond donors (Lipinski definition) is 0. The van der Waals surface area contributed by atoms with Gasteiger partial charge in [-0.25, -0.2) is 4.98 Å². The summed E-state index contributed by atoms with van der Waals surface area (Å²) in [7, 11) is 0. The van der Waals surface area contributed by atoms with E-state index in [4.69, 9.17) is 4.42 Å². The molecule has 3 heteroatoms. The molecule has 0 unspecified atom stereocenters. The fourth-order valence-corrected chi connectivity index (χ4v) is 2.12. The maximum atomic E-state index is 5.41. The Kier molecular flexibility index (Phi) is 1.83. The molecular weight excluding hydrogens is 254 g/mol. The van der Waals surface area contributed by atoms with E-state index < -0.39 is 0 Å². The first-order chi connectivity index (χ1) is 7.22. The molecule has 0 saturated carbocycles. The Hall–Kier alpha value is -1.35. The van der Waals surface area contributed by atoms with Crippen LogP contribution in [0.4, 0.5) is 0 Å². The number of pyridine rings is 1. The molecule has 0 fully saturated rings. The van der Waals surface area contributed by atoms with Gasteiger partial charge in [-0.3, -0.25) is 0 Å². The standard InChI is InChI=1S/C12H8BrNO/c1-7-2-3-10-8(4-7)5-9-6-11(13)15-12(9)14-10/h2-6H,1H3. The molecule has 0 saturated heterocycles. The molecular formula is C12H8BrNO. The Labute approximate surface area is 95.0 Å². The molecule has 0 N–H and O–H groups in total. The molecule has 0 atom stereocenters. The molecule has 2 heterocycles. The number of aryl methyl sites for hydroxylation is 1. The highest BCUT2D eigenvalue weighted by Crippen LogP contribution is 2.25. The van der Waals surface area contributed by atoms with Crippen molar-refractivity contribution in [1.82, 2.24) is 4.98 Å². The maximum Gasteiger partial charge on any atom is 0.228 e. The number of fused-ring (bicyclic) bond motifs is 2. The number of rotatable bonds is 0. The third-order valence-corrected chi connectivity index (χ3v) is 2.82. The van der Waals surface area contributed by atoms with E-state index in [2.05, 4.69) is 46.0 Å². The second kappa shape index (κ2) is 3.07. The van der Waals surface area contributed by atoms with E-state index in [0.717, 1.165) is 21.0 Å². The summed E-state index contributed by atoms with van der Waals surface area (Å²) in [6.45, 7) is 2.08. The molecule has 1 aromatic carbocycles. The van der Waals surface area contributed by atoms with E-state index >= 15 is 0 Å². The predicted molar refractivity (Wildman–Crippen MR) is 64.0 cm³/mol. The van der Waals surface area contributed by atoms with Crippen molar-refractivity contribution in [3.8, 4) is 0 Å². The minimum Gasteiger partial charge on any atom is -0.431 e. The van der Waals surface area contributed by atoms with Crippen LogP contribution in [0, 0.1) is 6.92 Å². The van der Waals surface area contributed by atoms with Gasteiger partial charge < -0.3 is 4.42 Å². The van der Waals surface area contributed by atoms with Crippen LogP contribution in [0.2, 0.25) is 0 Å². The molecule has 0 bridgehead atoms. The fraction of sp³-hybridized carbons (Fsp3) is 0.0833. The van der Waals surface area contributed by atoms with E-state index in [9.17, 15) is 0 Å². The zero-order valence-electron chi connectivity index (χ0n) is 8.12.